The van der Waals surface area contributed by atoms with Gasteiger partial charge in [-0.2, -0.15) is 0 Å². The Hall–Kier alpha value is -3.73. The maximum atomic E-state index is 12.9. The summed E-state index contributed by atoms with van der Waals surface area (Å²) in [6.07, 6.45) is 2.39. The summed E-state index contributed by atoms with van der Waals surface area (Å²) in [6.45, 7) is 0.577. The molecule has 1 aromatic heterocycles. The molecule has 0 saturated carbocycles. The molecule has 0 bridgehead atoms. The zero-order chi connectivity index (χ0) is 19.9. The number of carbonyl (C=O) groups excluding carboxylic acids is 1. The van der Waals surface area contributed by atoms with Crippen molar-refractivity contribution in [2.75, 3.05) is 0 Å². The third-order valence-corrected chi connectivity index (χ3v) is 4.75. The van der Waals surface area contributed by atoms with Crippen LogP contribution in [0, 0.1) is 0 Å². The van der Waals surface area contributed by atoms with Crippen molar-refractivity contribution in [3.05, 3.63) is 120 Å². The molecule has 144 valence electrons. The fourth-order valence-corrected chi connectivity index (χ4v) is 3.27. The topological polar surface area (TPSA) is 59.8 Å². The molecule has 5 heteroatoms. The molecule has 0 unspecified atom stereocenters. The van der Waals surface area contributed by atoms with E-state index in [-0.39, 0.29) is 11.9 Å². The Balaban J connectivity index is 1.49. The van der Waals surface area contributed by atoms with Crippen LogP contribution in [-0.2, 0) is 13.0 Å². The summed E-state index contributed by atoms with van der Waals surface area (Å²) in [6, 6.07) is 30.0. The van der Waals surface area contributed by atoms with Gasteiger partial charge < -0.3 is 5.32 Å². The van der Waals surface area contributed by atoms with E-state index in [1.165, 1.54) is 0 Å². The maximum Gasteiger partial charge on any atom is 0.273 e. The number of nitrogens with zero attached hydrogens (tertiary/aromatic N) is 3. The summed E-state index contributed by atoms with van der Waals surface area (Å²) in [7, 11) is 0. The molecule has 4 rings (SSSR count). The molecular formula is C24H22N4O. The number of amides is 1. The van der Waals surface area contributed by atoms with Crippen molar-refractivity contribution in [3.8, 4) is 0 Å². The highest BCUT2D eigenvalue weighted by Gasteiger charge is 2.18. The fraction of sp³-hybridized carbons (Fsp3) is 0.125. The summed E-state index contributed by atoms with van der Waals surface area (Å²) in [5, 5.41) is 11.3. The standard InChI is InChI=1S/C24H22N4O/c29-24(23-18-28(27-26-23)17-20-12-6-2-7-13-20)25-22(21-14-8-3-9-15-21)16-19-10-4-1-5-11-19/h1-15,18,22H,16-17H2,(H,25,29)/t22-/m0/s1. The lowest BCUT2D eigenvalue weighted by molar-refractivity contribution is 0.0931. The van der Waals surface area contributed by atoms with E-state index in [0.29, 0.717) is 18.7 Å². The van der Waals surface area contributed by atoms with E-state index in [1.807, 2.05) is 78.9 Å². The van der Waals surface area contributed by atoms with E-state index in [4.69, 9.17) is 0 Å². The van der Waals surface area contributed by atoms with Gasteiger partial charge >= 0.3 is 0 Å². The molecule has 0 spiro atoms. The van der Waals surface area contributed by atoms with Crippen LogP contribution in [0.3, 0.4) is 0 Å². The van der Waals surface area contributed by atoms with E-state index >= 15 is 0 Å². The zero-order valence-electron chi connectivity index (χ0n) is 16.0. The van der Waals surface area contributed by atoms with Crippen LogP contribution in [-0.4, -0.2) is 20.9 Å². The predicted molar refractivity (Wildman–Crippen MR) is 112 cm³/mol. The van der Waals surface area contributed by atoms with E-state index in [1.54, 1.807) is 10.9 Å². The maximum absolute atomic E-state index is 12.9. The Morgan fingerprint density at radius 3 is 2.07 bits per heavy atom. The molecular weight excluding hydrogens is 360 g/mol. The number of rotatable bonds is 7. The van der Waals surface area contributed by atoms with Crippen LogP contribution in [0.15, 0.2) is 97.2 Å². The summed E-state index contributed by atoms with van der Waals surface area (Å²) in [4.78, 5) is 12.9. The lowest BCUT2D eigenvalue weighted by atomic mass is 9.99. The smallest absolute Gasteiger partial charge is 0.273 e. The minimum absolute atomic E-state index is 0.148. The molecule has 0 aliphatic rings. The first-order valence-electron chi connectivity index (χ1n) is 9.62. The fourth-order valence-electron chi connectivity index (χ4n) is 3.27. The van der Waals surface area contributed by atoms with Crippen molar-refractivity contribution in [2.45, 2.75) is 19.0 Å². The van der Waals surface area contributed by atoms with Crippen molar-refractivity contribution >= 4 is 5.91 Å². The van der Waals surface area contributed by atoms with Gasteiger partial charge in [0.2, 0.25) is 0 Å². The van der Waals surface area contributed by atoms with E-state index < -0.39 is 0 Å². The molecule has 1 atom stereocenters. The highest BCUT2D eigenvalue weighted by molar-refractivity contribution is 5.92. The molecule has 0 aliphatic heterocycles. The number of nitrogens with one attached hydrogen (secondary N) is 1. The first-order valence-corrected chi connectivity index (χ1v) is 9.62. The van der Waals surface area contributed by atoms with Crippen molar-refractivity contribution in [1.82, 2.24) is 20.3 Å². The monoisotopic (exact) mass is 382 g/mol. The minimum atomic E-state index is -0.228. The Bertz CT molecular complexity index is 1050. The highest BCUT2D eigenvalue weighted by Crippen LogP contribution is 2.19. The highest BCUT2D eigenvalue weighted by atomic mass is 16.2. The van der Waals surface area contributed by atoms with Crippen LogP contribution in [0.4, 0.5) is 0 Å². The van der Waals surface area contributed by atoms with Gasteiger partial charge in [-0.05, 0) is 23.1 Å². The van der Waals surface area contributed by atoms with Gasteiger partial charge in [0.15, 0.2) is 5.69 Å². The molecule has 1 N–H and O–H groups in total. The molecule has 0 fully saturated rings. The van der Waals surface area contributed by atoms with Crippen LogP contribution in [0.5, 0.6) is 0 Å². The van der Waals surface area contributed by atoms with E-state index in [2.05, 4.69) is 27.8 Å². The number of carbonyl (C=O) groups is 1. The Kier molecular flexibility index (Phi) is 5.76. The predicted octanol–water partition coefficient (Wildman–Crippen LogP) is 4.04. The quantitative estimate of drug-likeness (QED) is 0.525. The van der Waals surface area contributed by atoms with Gasteiger partial charge in [0.05, 0.1) is 18.8 Å². The Morgan fingerprint density at radius 2 is 1.41 bits per heavy atom. The summed E-state index contributed by atoms with van der Waals surface area (Å²) in [5.74, 6) is -0.228. The lowest BCUT2D eigenvalue weighted by Gasteiger charge is -2.19. The minimum Gasteiger partial charge on any atom is -0.343 e. The van der Waals surface area contributed by atoms with Crippen molar-refractivity contribution in [1.29, 1.82) is 0 Å². The summed E-state index contributed by atoms with van der Waals surface area (Å²) < 4.78 is 1.68. The second-order valence-corrected chi connectivity index (χ2v) is 6.91. The van der Waals surface area contributed by atoms with Gasteiger partial charge in [0.25, 0.3) is 5.91 Å². The molecule has 0 saturated heterocycles. The lowest BCUT2D eigenvalue weighted by Crippen LogP contribution is -2.30. The van der Waals surface area contributed by atoms with Crippen LogP contribution in [0.25, 0.3) is 0 Å². The van der Waals surface area contributed by atoms with Crippen LogP contribution in [0.2, 0.25) is 0 Å². The largest absolute Gasteiger partial charge is 0.343 e. The second-order valence-electron chi connectivity index (χ2n) is 6.91. The van der Waals surface area contributed by atoms with Crippen molar-refractivity contribution in [3.63, 3.8) is 0 Å². The Morgan fingerprint density at radius 1 is 0.828 bits per heavy atom. The van der Waals surface area contributed by atoms with Crippen LogP contribution >= 0.6 is 0 Å². The second kappa shape index (κ2) is 8.97. The SMILES string of the molecule is O=C(N[C@@H](Cc1ccccc1)c1ccccc1)c1cn(Cc2ccccc2)nn1. The van der Waals surface area contributed by atoms with Gasteiger partial charge in [-0.25, -0.2) is 4.68 Å². The van der Waals surface area contributed by atoms with Gasteiger partial charge in [0.1, 0.15) is 0 Å². The zero-order valence-corrected chi connectivity index (χ0v) is 16.0. The first-order chi connectivity index (χ1) is 14.3. The van der Waals surface area contributed by atoms with E-state index in [0.717, 1.165) is 16.7 Å². The number of hydrogen-bond acceptors (Lipinski definition) is 3. The molecule has 0 aliphatic carbocycles. The normalized spacial score (nSPS) is 11.7. The third kappa shape index (κ3) is 4.96. The molecule has 0 radical (unpaired) electrons. The molecule has 1 amide bonds. The van der Waals surface area contributed by atoms with E-state index in [9.17, 15) is 4.79 Å². The number of benzene rings is 3. The molecule has 5 nitrogen and oxygen atoms in total. The van der Waals surface area contributed by atoms with Gasteiger partial charge in [0, 0.05) is 0 Å². The van der Waals surface area contributed by atoms with Crippen molar-refractivity contribution < 1.29 is 4.79 Å². The van der Waals surface area contributed by atoms with Gasteiger partial charge in [-0.1, -0.05) is 96.2 Å². The molecule has 29 heavy (non-hydrogen) atoms. The van der Waals surface area contributed by atoms with Gasteiger partial charge in [-0.3, -0.25) is 4.79 Å². The van der Waals surface area contributed by atoms with Crippen LogP contribution in [0.1, 0.15) is 33.2 Å². The Labute approximate surface area is 170 Å². The number of aromatic nitrogens is 3. The van der Waals surface area contributed by atoms with Crippen LogP contribution < -0.4 is 5.32 Å². The molecule has 1 heterocycles. The molecule has 4 aromatic rings. The van der Waals surface area contributed by atoms with Gasteiger partial charge in [-0.15, -0.1) is 5.10 Å². The number of hydrogen-bond donors (Lipinski definition) is 1. The average Bonchev–Trinajstić information content (AvgIpc) is 3.24. The van der Waals surface area contributed by atoms with Crippen molar-refractivity contribution in [2.24, 2.45) is 0 Å². The summed E-state index contributed by atoms with van der Waals surface area (Å²) >= 11 is 0. The third-order valence-electron chi connectivity index (χ3n) is 4.75. The summed E-state index contributed by atoms with van der Waals surface area (Å²) in [5.41, 5.74) is 3.64. The molecule has 3 aromatic carbocycles. The first kappa shape index (κ1) is 18.6. The average molecular weight is 382 g/mol.